The van der Waals surface area contributed by atoms with Gasteiger partial charge in [0.25, 0.3) is 5.91 Å². The molecule has 0 fully saturated rings. The highest BCUT2D eigenvalue weighted by molar-refractivity contribution is 7.80. The van der Waals surface area contributed by atoms with Crippen molar-refractivity contribution < 1.29 is 9.21 Å². The molecule has 3 aromatic rings. The van der Waals surface area contributed by atoms with Crippen LogP contribution in [0.1, 0.15) is 21.7 Å². The molecule has 0 N–H and O–H groups in total. The van der Waals surface area contributed by atoms with Crippen LogP contribution in [0.3, 0.4) is 0 Å². The highest BCUT2D eigenvalue weighted by Gasteiger charge is 2.22. The predicted molar refractivity (Wildman–Crippen MR) is 106 cm³/mol. The van der Waals surface area contributed by atoms with Gasteiger partial charge in [0.05, 0.1) is 6.26 Å². The van der Waals surface area contributed by atoms with Crippen molar-refractivity contribution in [2.45, 2.75) is 13.1 Å². The minimum Gasteiger partial charge on any atom is -0.459 e. The number of thiocarbonyl (C=S) groups is 1. The lowest BCUT2D eigenvalue weighted by Gasteiger charge is -2.30. The minimum absolute atomic E-state index is 0.258. The van der Waals surface area contributed by atoms with E-state index in [1.54, 1.807) is 19.2 Å². The first-order valence-corrected chi connectivity index (χ1v) is 8.74. The molecule has 0 aliphatic carbocycles. The van der Waals surface area contributed by atoms with Crippen LogP contribution in [0.2, 0.25) is 0 Å². The second-order valence-corrected chi connectivity index (χ2v) is 6.32. The molecule has 0 saturated heterocycles. The number of amides is 1. The Morgan fingerprint density at radius 3 is 1.88 bits per heavy atom. The topological polar surface area (TPSA) is 36.7 Å². The van der Waals surface area contributed by atoms with Crippen LogP contribution in [-0.2, 0) is 13.1 Å². The average Bonchev–Trinajstić information content (AvgIpc) is 3.22. The molecule has 0 aliphatic rings. The maximum Gasteiger partial charge on any atom is 0.295 e. The van der Waals surface area contributed by atoms with Gasteiger partial charge in [-0.2, -0.15) is 0 Å². The van der Waals surface area contributed by atoms with E-state index in [0.29, 0.717) is 18.2 Å². The summed E-state index contributed by atoms with van der Waals surface area (Å²) in [6.07, 6.45) is 1.48. The third-order valence-corrected chi connectivity index (χ3v) is 4.56. The third-order valence-electron chi connectivity index (χ3n) is 4.03. The van der Waals surface area contributed by atoms with Gasteiger partial charge in [0.1, 0.15) is 0 Å². The third kappa shape index (κ3) is 4.37. The predicted octanol–water partition coefficient (Wildman–Crippen LogP) is 4.34. The molecular weight excluding hydrogens is 344 g/mol. The molecule has 1 heterocycles. The van der Waals surface area contributed by atoms with Crippen LogP contribution in [0.15, 0.2) is 83.5 Å². The van der Waals surface area contributed by atoms with Gasteiger partial charge in [0, 0.05) is 20.1 Å². The van der Waals surface area contributed by atoms with Crippen LogP contribution < -0.4 is 0 Å². The summed E-state index contributed by atoms with van der Waals surface area (Å²) < 4.78 is 5.21. The van der Waals surface area contributed by atoms with Crippen LogP contribution in [-0.4, -0.2) is 27.9 Å². The molecule has 132 valence electrons. The second kappa shape index (κ2) is 8.45. The van der Waals surface area contributed by atoms with Crippen molar-refractivity contribution >= 4 is 23.2 Å². The Morgan fingerprint density at radius 1 is 0.885 bits per heavy atom. The minimum atomic E-state index is -0.258. The number of carbonyl (C=O) groups excluding carboxylic acids is 1. The van der Waals surface area contributed by atoms with E-state index in [1.165, 1.54) is 11.2 Å². The van der Waals surface area contributed by atoms with Gasteiger partial charge in [-0.05, 0) is 35.5 Å². The van der Waals surface area contributed by atoms with Gasteiger partial charge in [-0.1, -0.05) is 60.7 Å². The van der Waals surface area contributed by atoms with Crippen LogP contribution >= 0.6 is 12.2 Å². The maximum absolute atomic E-state index is 12.6. The molecule has 0 unspecified atom stereocenters. The molecule has 3 rings (SSSR count). The Hall–Kier alpha value is -2.92. The van der Waals surface area contributed by atoms with E-state index in [4.69, 9.17) is 16.6 Å². The largest absolute Gasteiger partial charge is 0.459 e. The number of furan rings is 1. The molecule has 0 spiro atoms. The van der Waals surface area contributed by atoms with Gasteiger partial charge in [-0.15, -0.1) is 0 Å². The van der Waals surface area contributed by atoms with Crippen molar-refractivity contribution in [2.24, 2.45) is 0 Å². The van der Waals surface area contributed by atoms with E-state index < -0.39 is 0 Å². The molecule has 0 aliphatic heterocycles. The lowest BCUT2D eigenvalue weighted by Crippen LogP contribution is -2.43. The van der Waals surface area contributed by atoms with Gasteiger partial charge in [-0.25, -0.2) is 0 Å². The monoisotopic (exact) mass is 364 g/mol. The molecule has 0 atom stereocenters. The molecule has 1 aromatic heterocycles. The average molecular weight is 364 g/mol. The number of rotatable bonds is 5. The first kappa shape index (κ1) is 17.9. The maximum atomic E-state index is 12.6. The van der Waals surface area contributed by atoms with Crippen molar-refractivity contribution in [1.29, 1.82) is 0 Å². The Bertz CT molecular complexity index is 807. The molecule has 0 saturated carbocycles. The molecular formula is C21H20N2O2S. The number of nitrogens with zero attached hydrogens (tertiary/aromatic N) is 2. The zero-order valence-electron chi connectivity index (χ0n) is 14.5. The molecule has 1 amide bonds. The number of hydrogen-bond acceptors (Lipinski definition) is 3. The molecule has 2 aromatic carbocycles. The van der Waals surface area contributed by atoms with E-state index in [0.717, 1.165) is 11.1 Å². The number of carbonyl (C=O) groups is 1. The summed E-state index contributed by atoms with van der Waals surface area (Å²) in [6, 6.07) is 23.5. The fourth-order valence-corrected chi connectivity index (χ4v) is 2.88. The Kier molecular flexibility index (Phi) is 5.81. The van der Waals surface area contributed by atoms with Crippen molar-refractivity contribution in [3.63, 3.8) is 0 Å². The van der Waals surface area contributed by atoms with Crippen molar-refractivity contribution in [3.05, 3.63) is 95.9 Å². The highest BCUT2D eigenvalue weighted by atomic mass is 32.1. The SMILES string of the molecule is CN(C(=O)c1ccco1)C(=S)N(Cc1ccccc1)Cc1ccccc1. The fraction of sp³-hybridized carbons (Fsp3) is 0.143. The number of benzene rings is 2. The van der Waals surface area contributed by atoms with Gasteiger partial charge >= 0.3 is 0 Å². The first-order chi connectivity index (χ1) is 12.6. The van der Waals surface area contributed by atoms with E-state index >= 15 is 0 Å². The van der Waals surface area contributed by atoms with Crippen LogP contribution in [0, 0.1) is 0 Å². The number of hydrogen-bond donors (Lipinski definition) is 0. The summed E-state index contributed by atoms with van der Waals surface area (Å²) in [5, 5.41) is 0.458. The van der Waals surface area contributed by atoms with Crippen molar-refractivity contribution in [2.75, 3.05) is 7.05 Å². The lowest BCUT2D eigenvalue weighted by atomic mass is 10.2. The van der Waals surface area contributed by atoms with Crippen molar-refractivity contribution in [1.82, 2.24) is 9.80 Å². The van der Waals surface area contributed by atoms with Gasteiger partial charge in [-0.3, -0.25) is 9.69 Å². The van der Waals surface area contributed by atoms with Crippen LogP contribution in [0.25, 0.3) is 0 Å². The van der Waals surface area contributed by atoms with Crippen molar-refractivity contribution in [3.8, 4) is 0 Å². The normalized spacial score (nSPS) is 10.3. The zero-order valence-corrected chi connectivity index (χ0v) is 15.4. The molecule has 4 nitrogen and oxygen atoms in total. The summed E-state index contributed by atoms with van der Waals surface area (Å²) in [7, 11) is 1.68. The Morgan fingerprint density at radius 2 is 1.42 bits per heavy atom. The molecule has 5 heteroatoms. The Labute approximate surface area is 158 Å². The summed E-state index contributed by atoms with van der Waals surface area (Å²) in [6.45, 7) is 1.23. The smallest absolute Gasteiger partial charge is 0.295 e. The van der Waals surface area contributed by atoms with Gasteiger partial charge < -0.3 is 9.32 Å². The summed E-state index contributed by atoms with van der Waals surface area (Å²) >= 11 is 5.64. The zero-order chi connectivity index (χ0) is 18.4. The fourth-order valence-electron chi connectivity index (χ4n) is 2.66. The summed E-state index contributed by atoms with van der Waals surface area (Å²) in [4.78, 5) is 16.0. The van der Waals surface area contributed by atoms with Crippen LogP contribution in [0.4, 0.5) is 0 Å². The van der Waals surface area contributed by atoms with E-state index in [9.17, 15) is 4.79 Å². The molecule has 26 heavy (non-hydrogen) atoms. The quantitative estimate of drug-likeness (QED) is 0.631. The first-order valence-electron chi connectivity index (χ1n) is 8.33. The Balaban J connectivity index is 1.81. The molecule has 0 radical (unpaired) electrons. The van der Waals surface area contributed by atoms with Gasteiger partial charge in [0.15, 0.2) is 10.9 Å². The highest BCUT2D eigenvalue weighted by Crippen LogP contribution is 2.14. The summed E-state index contributed by atoms with van der Waals surface area (Å²) in [5.74, 6) is 0.0142. The van der Waals surface area contributed by atoms with Gasteiger partial charge in [0.2, 0.25) is 0 Å². The van der Waals surface area contributed by atoms with E-state index in [-0.39, 0.29) is 11.7 Å². The summed E-state index contributed by atoms with van der Waals surface area (Å²) in [5.41, 5.74) is 2.26. The van der Waals surface area contributed by atoms with Crippen LogP contribution in [0.5, 0.6) is 0 Å². The molecule has 0 bridgehead atoms. The van der Waals surface area contributed by atoms with E-state index in [1.807, 2.05) is 41.3 Å². The van der Waals surface area contributed by atoms with E-state index in [2.05, 4.69) is 24.3 Å². The standard InChI is InChI=1S/C21H20N2O2S/c1-22(20(24)19-13-8-14-25-19)21(26)23(15-17-9-4-2-5-10-17)16-18-11-6-3-7-12-18/h2-14H,15-16H2,1H3. The second-order valence-electron chi connectivity index (χ2n) is 5.95. The lowest BCUT2D eigenvalue weighted by molar-refractivity contribution is 0.0828.